The van der Waals surface area contributed by atoms with Gasteiger partial charge in [0.25, 0.3) is 0 Å². The number of thioether (sulfide) groups is 1. The van der Waals surface area contributed by atoms with E-state index in [4.69, 9.17) is 0 Å². The molecular formula is C16H21N5OS2. The molecule has 8 heteroatoms. The molecule has 0 aliphatic carbocycles. The Morgan fingerprint density at radius 1 is 1.46 bits per heavy atom. The van der Waals surface area contributed by atoms with Crippen molar-refractivity contribution < 1.29 is 4.79 Å². The van der Waals surface area contributed by atoms with E-state index in [0.717, 1.165) is 10.7 Å². The van der Waals surface area contributed by atoms with Crippen LogP contribution in [0.25, 0.3) is 10.7 Å². The van der Waals surface area contributed by atoms with Crippen molar-refractivity contribution in [2.24, 2.45) is 13.0 Å². The molecular weight excluding hydrogens is 342 g/mol. The molecule has 2 heterocycles. The molecule has 2 atom stereocenters. The number of carbonyl (C=O) groups is 1. The van der Waals surface area contributed by atoms with E-state index in [1.165, 1.54) is 11.8 Å². The third-order valence-electron chi connectivity index (χ3n) is 4.00. The van der Waals surface area contributed by atoms with E-state index < -0.39 is 5.54 Å². The van der Waals surface area contributed by atoms with Gasteiger partial charge in [-0.05, 0) is 31.2 Å². The molecule has 0 aliphatic rings. The number of thiophene rings is 1. The van der Waals surface area contributed by atoms with Crippen LogP contribution < -0.4 is 5.32 Å². The quantitative estimate of drug-likeness (QED) is 0.797. The van der Waals surface area contributed by atoms with E-state index in [2.05, 4.69) is 21.6 Å². The molecule has 2 aromatic heterocycles. The molecule has 1 N–H and O–H groups in total. The summed E-state index contributed by atoms with van der Waals surface area (Å²) in [6.45, 7) is 7.37. The minimum Gasteiger partial charge on any atom is -0.337 e. The Morgan fingerprint density at radius 3 is 2.71 bits per heavy atom. The lowest BCUT2D eigenvalue weighted by molar-refractivity contribution is -0.121. The van der Waals surface area contributed by atoms with Gasteiger partial charge in [0, 0.05) is 7.05 Å². The summed E-state index contributed by atoms with van der Waals surface area (Å²) in [7, 11) is 1.88. The fourth-order valence-electron chi connectivity index (χ4n) is 1.91. The van der Waals surface area contributed by atoms with Gasteiger partial charge in [0.2, 0.25) is 5.91 Å². The molecule has 0 saturated heterocycles. The molecule has 2 unspecified atom stereocenters. The van der Waals surface area contributed by atoms with Gasteiger partial charge in [-0.25, -0.2) is 0 Å². The molecule has 2 rings (SSSR count). The lowest BCUT2D eigenvalue weighted by atomic mass is 9.90. The second-order valence-corrected chi connectivity index (χ2v) is 8.32. The second-order valence-electron chi connectivity index (χ2n) is 6.06. The van der Waals surface area contributed by atoms with Gasteiger partial charge in [0.1, 0.15) is 5.54 Å². The SMILES string of the molecule is CC(Sc1nnc(-c2cccs2)n1C)C(=O)NC(C)(C#N)C(C)C. The Balaban J connectivity index is 2.09. The largest absolute Gasteiger partial charge is 0.337 e. The van der Waals surface area contributed by atoms with E-state index in [0.29, 0.717) is 5.16 Å². The third kappa shape index (κ3) is 3.79. The first-order valence-corrected chi connectivity index (χ1v) is 9.37. The maximum atomic E-state index is 12.4. The van der Waals surface area contributed by atoms with Crippen LogP contribution in [0.5, 0.6) is 0 Å². The van der Waals surface area contributed by atoms with Gasteiger partial charge in [0.15, 0.2) is 11.0 Å². The summed E-state index contributed by atoms with van der Waals surface area (Å²) >= 11 is 2.93. The Kier molecular flexibility index (Phi) is 5.67. The average molecular weight is 364 g/mol. The van der Waals surface area contributed by atoms with E-state index in [-0.39, 0.29) is 17.1 Å². The van der Waals surface area contributed by atoms with Crippen molar-refractivity contribution in [2.45, 2.75) is 43.6 Å². The Bertz CT molecular complexity index is 747. The lowest BCUT2D eigenvalue weighted by Crippen LogP contribution is -2.51. The van der Waals surface area contributed by atoms with E-state index in [1.54, 1.807) is 25.2 Å². The fourth-order valence-corrected chi connectivity index (χ4v) is 3.47. The number of nitrogens with one attached hydrogen (secondary N) is 1. The summed E-state index contributed by atoms with van der Waals surface area (Å²) in [6, 6.07) is 6.14. The number of carbonyl (C=O) groups excluding carboxylic acids is 1. The third-order valence-corrected chi connectivity index (χ3v) is 6.00. The molecule has 0 bridgehead atoms. The number of hydrogen-bond acceptors (Lipinski definition) is 6. The van der Waals surface area contributed by atoms with Crippen molar-refractivity contribution in [3.8, 4) is 16.8 Å². The van der Waals surface area contributed by atoms with Crippen molar-refractivity contribution >= 4 is 29.0 Å². The van der Waals surface area contributed by atoms with E-state index in [1.807, 2.05) is 43.0 Å². The molecule has 0 aromatic carbocycles. The standard InChI is InChI=1S/C16H21N5OS2/c1-10(2)16(4,9-17)18-14(22)11(3)24-15-20-19-13(21(15)5)12-7-6-8-23-12/h6-8,10-11H,1-5H3,(H,18,22). The number of hydrogen-bond donors (Lipinski definition) is 1. The molecule has 0 fully saturated rings. The zero-order chi connectivity index (χ0) is 17.9. The van der Waals surface area contributed by atoms with Crippen LogP contribution in [0.1, 0.15) is 27.7 Å². The highest BCUT2D eigenvalue weighted by Crippen LogP contribution is 2.28. The number of amides is 1. The number of nitriles is 1. The van der Waals surface area contributed by atoms with Gasteiger partial charge in [-0.3, -0.25) is 4.79 Å². The maximum absolute atomic E-state index is 12.4. The summed E-state index contributed by atoms with van der Waals surface area (Å²) in [4.78, 5) is 13.5. The van der Waals surface area contributed by atoms with Gasteiger partial charge in [-0.2, -0.15) is 5.26 Å². The molecule has 0 radical (unpaired) electrons. The number of nitrogens with zero attached hydrogens (tertiary/aromatic N) is 4. The summed E-state index contributed by atoms with van der Waals surface area (Å²) in [6.07, 6.45) is 0. The summed E-state index contributed by atoms with van der Waals surface area (Å²) in [5, 5.41) is 22.8. The highest BCUT2D eigenvalue weighted by Gasteiger charge is 2.32. The molecule has 1 amide bonds. The average Bonchev–Trinajstić information content (AvgIpc) is 3.17. The number of aromatic nitrogens is 3. The molecule has 24 heavy (non-hydrogen) atoms. The Morgan fingerprint density at radius 2 is 2.17 bits per heavy atom. The molecule has 0 aliphatic heterocycles. The lowest BCUT2D eigenvalue weighted by Gasteiger charge is -2.28. The highest BCUT2D eigenvalue weighted by molar-refractivity contribution is 8.00. The van der Waals surface area contributed by atoms with Crippen LogP contribution in [-0.2, 0) is 11.8 Å². The van der Waals surface area contributed by atoms with Crippen LogP contribution in [0, 0.1) is 17.2 Å². The highest BCUT2D eigenvalue weighted by atomic mass is 32.2. The smallest absolute Gasteiger partial charge is 0.234 e. The van der Waals surface area contributed by atoms with E-state index in [9.17, 15) is 10.1 Å². The topological polar surface area (TPSA) is 83.6 Å². The van der Waals surface area contributed by atoms with Crippen LogP contribution in [-0.4, -0.2) is 31.5 Å². The van der Waals surface area contributed by atoms with Crippen LogP contribution in [0.4, 0.5) is 0 Å². The predicted molar refractivity (Wildman–Crippen MR) is 96.6 cm³/mol. The Labute approximate surface area is 150 Å². The van der Waals surface area contributed by atoms with Crippen LogP contribution in [0.2, 0.25) is 0 Å². The van der Waals surface area contributed by atoms with Crippen molar-refractivity contribution in [2.75, 3.05) is 0 Å². The normalized spacial score (nSPS) is 14.9. The summed E-state index contributed by atoms with van der Waals surface area (Å²) in [5.74, 6) is 0.617. The van der Waals surface area contributed by atoms with Crippen molar-refractivity contribution in [3.05, 3.63) is 17.5 Å². The van der Waals surface area contributed by atoms with E-state index >= 15 is 0 Å². The van der Waals surface area contributed by atoms with Crippen molar-refractivity contribution in [1.82, 2.24) is 20.1 Å². The van der Waals surface area contributed by atoms with Gasteiger partial charge >= 0.3 is 0 Å². The molecule has 2 aromatic rings. The van der Waals surface area contributed by atoms with Crippen molar-refractivity contribution in [1.29, 1.82) is 5.26 Å². The molecule has 0 saturated carbocycles. The van der Waals surface area contributed by atoms with Crippen LogP contribution >= 0.6 is 23.1 Å². The monoisotopic (exact) mass is 363 g/mol. The molecule has 128 valence electrons. The van der Waals surface area contributed by atoms with Gasteiger partial charge in [-0.1, -0.05) is 31.7 Å². The second kappa shape index (κ2) is 7.36. The van der Waals surface area contributed by atoms with Gasteiger partial charge in [0.05, 0.1) is 16.2 Å². The first kappa shape index (κ1) is 18.5. The summed E-state index contributed by atoms with van der Waals surface area (Å²) < 4.78 is 1.88. The minimum absolute atomic E-state index is 0.0175. The Hall–Kier alpha value is -1.85. The van der Waals surface area contributed by atoms with Crippen LogP contribution in [0.3, 0.4) is 0 Å². The zero-order valence-electron chi connectivity index (χ0n) is 14.4. The van der Waals surface area contributed by atoms with Gasteiger partial charge < -0.3 is 9.88 Å². The number of rotatable bonds is 6. The first-order chi connectivity index (χ1) is 11.3. The first-order valence-electron chi connectivity index (χ1n) is 7.61. The van der Waals surface area contributed by atoms with Crippen LogP contribution in [0.15, 0.2) is 22.7 Å². The molecule has 0 spiro atoms. The predicted octanol–water partition coefficient (Wildman–Crippen LogP) is 3.08. The summed E-state index contributed by atoms with van der Waals surface area (Å²) in [5.41, 5.74) is -0.881. The maximum Gasteiger partial charge on any atom is 0.234 e. The minimum atomic E-state index is -0.881. The van der Waals surface area contributed by atoms with Crippen molar-refractivity contribution in [3.63, 3.8) is 0 Å². The fraction of sp³-hybridized carbons (Fsp3) is 0.500. The zero-order valence-corrected chi connectivity index (χ0v) is 16.0. The van der Waals surface area contributed by atoms with Gasteiger partial charge in [-0.15, -0.1) is 21.5 Å². The molecule has 6 nitrogen and oxygen atoms in total.